The first-order chi connectivity index (χ1) is 12.4. The van der Waals surface area contributed by atoms with Gasteiger partial charge in [0.15, 0.2) is 0 Å². The average molecular weight is 357 g/mol. The molecule has 2 amide bonds. The van der Waals surface area contributed by atoms with Crippen LogP contribution in [0.15, 0.2) is 30.3 Å². The zero-order chi connectivity index (χ0) is 18.7. The van der Waals surface area contributed by atoms with Crippen LogP contribution in [-0.4, -0.2) is 48.9 Å². The number of hydrogen-bond donors (Lipinski definition) is 1. The van der Waals surface area contributed by atoms with E-state index in [1.807, 2.05) is 30.3 Å². The fourth-order valence-corrected chi connectivity index (χ4v) is 4.48. The first-order valence-corrected chi connectivity index (χ1v) is 9.80. The fraction of sp³-hybridized carbons (Fsp3) is 0.619. The molecule has 0 saturated carbocycles. The lowest BCUT2D eigenvalue weighted by molar-refractivity contribution is -0.127. The Bertz CT molecular complexity index is 623. The Morgan fingerprint density at radius 1 is 1.15 bits per heavy atom. The number of likely N-dealkylation sites (tertiary alicyclic amines) is 1. The quantitative estimate of drug-likeness (QED) is 0.881. The average Bonchev–Trinajstić information content (AvgIpc) is 2.96. The summed E-state index contributed by atoms with van der Waals surface area (Å²) in [5.74, 6) is 1.21. The number of hydrogen-bond acceptors (Lipinski definition) is 3. The largest absolute Gasteiger partial charge is 0.352 e. The van der Waals surface area contributed by atoms with Gasteiger partial charge in [-0.1, -0.05) is 32.0 Å². The number of carbonyl (C=O) groups is 2. The monoisotopic (exact) mass is 357 g/mol. The third-order valence-electron chi connectivity index (χ3n) is 5.43. The van der Waals surface area contributed by atoms with Crippen LogP contribution in [0.25, 0.3) is 0 Å². The molecule has 2 saturated heterocycles. The maximum Gasteiger partial charge on any atom is 0.227 e. The molecule has 0 radical (unpaired) electrons. The van der Waals surface area contributed by atoms with Crippen LogP contribution in [0, 0.1) is 17.8 Å². The van der Waals surface area contributed by atoms with Crippen molar-refractivity contribution in [2.75, 3.05) is 31.1 Å². The Morgan fingerprint density at radius 2 is 1.81 bits per heavy atom. The Kier molecular flexibility index (Phi) is 5.97. The van der Waals surface area contributed by atoms with Crippen LogP contribution in [0.2, 0.25) is 0 Å². The van der Waals surface area contributed by atoms with E-state index < -0.39 is 0 Å². The Hall–Kier alpha value is -1.88. The van der Waals surface area contributed by atoms with Crippen molar-refractivity contribution in [1.82, 2.24) is 10.2 Å². The van der Waals surface area contributed by atoms with Gasteiger partial charge < -0.3 is 15.1 Å². The number of anilines is 1. The molecule has 3 rings (SSSR count). The van der Waals surface area contributed by atoms with Crippen LogP contribution in [0.5, 0.6) is 0 Å². The minimum Gasteiger partial charge on any atom is -0.352 e. The fourth-order valence-electron chi connectivity index (χ4n) is 4.48. The molecule has 142 valence electrons. The molecule has 1 aromatic carbocycles. The van der Waals surface area contributed by atoms with Gasteiger partial charge in [0.1, 0.15) is 0 Å². The van der Waals surface area contributed by atoms with Crippen molar-refractivity contribution in [2.45, 2.75) is 39.7 Å². The molecule has 2 aliphatic heterocycles. The predicted molar refractivity (Wildman–Crippen MR) is 104 cm³/mol. The van der Waals surface area contributed by atoms with E-state index in [-0.39, 0.29) is 23.8 Å². The molecule has 0 aliphatic carbocycles. The van der Waals surface area contributed by atoms with Gasteiger partial charge in [-0.05, 0) is 37.3 Å². The van der Waals surface area contributed by atoms with Crippen molar-refractivity contribution in [3.63, 3.8) is 0 Å². The number of rotatable bonds is 5. The van der Waals surface area contributed by atoms with Crippen LogP contribution in [-0.2, 0) is 9.59 Å². The van der Waals surface area contributed by atoms with Crippen molar-refractivity contribution >= 4 is 17.5 Å². The van der Waals surface area contributed by atoms with Gasteiger partial charge in [0.25, 0.3) is 0 Å². The van der Waals surface area contributed by atoms with Gasteiger partial charge in [-0.25, -0.2) is 0 Å². The molecule has 2 fully saturated rings. The van der Waals surface area contributed by atoms with Gasteiger partial charge in [-0.2, -0.15) is 0 Å². The molecule has 2 aliphatic rings. The topological polar surface area (TPSA) is 52.7 Å². The van der Waals surface area contributed by atoms with E-state index in [4.69, 9.17) is 0 Å². The summed E-state index contributed by atoms with van der Waals surface area (Å²) in [6.45, 7) is 10.2. The normalized spacial score (nSPS) is 28.2. The van der Waals surface area contributed by atoms with E-state index in [1.54, 1.807) is 4.90 Å². The van der Waals surface area contributed by atoms with Gasteiger partial charge >= 0.3 is 0 Å². The lowest BCUT2D eigenvalue weighted by Crippen LogP contribution is -2.48. The number of nitrogens with one attached hydrogen (secondary N) is 1. The minimum atomic E-state index is -0.260. The van der Waals surface area contributed by atoms with Gasteiger partial charge in [-0.15, -0.1) is 0 Å². The Morgan fingerprint density at radius 3 is 2.46 bits per heavy atom. The molecule has 0 bridgehead atoms. The summed E-state index contributed by atoms with van der Waals surface area (Å²) in [5.41, 5.74) is 0.872. The molecule has 1 N–H and O–H groups in total. The highest BCUT2D eigenvalue weighted by Crippen LogP contribution is 2.25. The molecule has 4 atom stereocenters. The van der Waals surface area contributed by atoms with E-state index in [0.717, 1.165) is 25.3 Å². The van der Waals surface area contributed by atoms with E-state index in [9.17, 15) is 9.59 Å². The zero-order valence-corrected chi connectivity index (χ0v) is 16.1. The molecule has 0 aromatic heterocycles. The van der Waals surface area contributed by atoms with Crippen LogP contribution in [0.1, 0.15) is 33.6 Å². The van der Waals surface area contributed by atoms with E-state index in [1.165, 1.54) is 6.42 Å². The lowest BCUT2D eigenvalue weighted by atomic mass is 9.91. The number of carbonyl (C=O) groups excluding carboxylic acids is 2. The SMILES string of the molecule is C[C@@H]1C[C@H](C)CN(C[C@H](C)NC(=O)[C@@H]2CC(=O)N(c3ccccc3)C2)C1. The Labute approximate surface area is 156 Å². The zero-order valence-electron chi connectivity index (χ0n) is 16.1. The van der Waals surface area contributed by atoms with Crippen molar-refractivity contribution < 1.29 is 9.59 Å². The predicted octanol–water partition coefficient (Wildman–Crippen LogP) is 2.52. The number of nitrogens with zero attached hydrogens (tertiary/aromatic N) is 2. The van der Waals surface area contributed by atoms with Crippen LogP contribution in [0.4, 0.5) is 5.69 Å². The Balaban J connectivity index is 1.51. The van der Waals surface area contributed by atoms with Crippen LogP contribution < -0.4 is 10.2 Å². The molecule has 1 aromatic rings. The maximum absolute atomic E-state index is 12.6. The van der Waals surface area contributed by atoms with Crippen molar-refractivity contribution in [2.24, 2.45) is 17.8 Å². The molecule has 5 heteroatoms. The first-order valence-electron chi connectivity index (χ1n) is 9.80. The van der Waals surface area contributed by atoms with Crippen LogP contribution in [0.3, 0.4) is 0 Å². The van der Waals surface area contributed by atoms with Crippen molar-refractivity contribution in [1.29, 1.82) is 0 Å². The molecule has 2 heterocycles. The molecule has 0 unspecified atom stereocenters. The third-order valence-corrected chi connectivity index (χ3v) is 5.43. The van der Waals surface area contributed by atoms with Gasteiger partial charge in [0.05, 0.1) is 5.92 Å². The van der Waals surface area contributed by atoms with Gasteiger partial charge in [-0.3, -0.25) is 9.59 Å². The second kappa shape index (κ2) is 8.21. The summed E-state index contributed by atoms with van der Waals surface area (Å²) in [5, 5.41) is 3.13. The minimum absolute atomic E-state index is 0.00221. The number of para-hydroxylation sites is 1. The molecular formula is C21H31N3O2. The molecule has 26 heavy (non-hydrogen) atoms. The van der Waals surface area contributed by atoms with E-state index in [2.05, 4.69) is 31.0 Å². The summed E-state index contributed by atoms with van der Waals surface area (Å²) in [7, 11) is 0. The first kappa shape index (κ1) is 18.9. The standard InChI is InChI=1S/C21H31N3O2/c1-15-9-16(2)12-23(11-15)13-17(3)22-21(26)18-10-20(25)24(14-18)19-7-5-4-6-8-19/h4-8,15-18H,9-14H2,1-3H3,(H,22,26)/t15-,16+,17-,18+/m0/s1. The summed E-state index contributed by atoms with van der Waals surface area (Å²) in [6, 6.07) is 9.69. The molecular weight excluding hydrogens is 326 g/mol. The summed E-state index contributed by atoms with van der Waals surface area (Å²) in [4.78, 5) is 29.1. The number of piperidine rings is 1. The van der Waals surface area contributed by atoms with Gasteiger partial charge in [0.2, 0.25) is 11.8 Å². The van der Waals surface area contributed by atoms with Crippen LogP contribution >= 0.6 is 0 Å². The second-order valence-electron chi connectivity index (χ2n) is 8.32. The highest BCUT2D eigenvalue weighted by atomic mass is 16.2. The number of benzene rings is 1. The second-order valence-corrected chi connectivity index (χ2v) is 8.32. The highest BCUT2D eigenvalue weighted by Gasteiger charge is 2.35. The summed E-state index contributed by atoms with van der Waals surface area (Å²) in [6.07, 6.45) is 1.59. The summed E-state index contributed by atoms with van der Waals surface area (Å²) < 4.78 is 0. The van der Waals surface area contributed by atoms with Crippen molar-refractivity contribution in [3.05, 3.63) is 30.3 Å². The van der Waals surface area contributed by atoms with E-state index in [0.29, 0.717) is 24.8 Å². The van der Waals surface area contributed by atoms with Gasteiger partial charge in [0, 0.05) is 44.3 Å². The van der Waals surface area contributed by atoms with Crippen molar-refractivity contribution in [3.8, 4) is 0 Å². The van der Waals surface area contributed by atoms with E-state index >= 15 is 0 Å². The summed E-state index contributed by atoms with van der Waals surface area (Å²) >= 11 is 0. The lowest BCUT2D eigenvalue weighted by Gasteiger charge is -2.36. The molecule has 0 spiro atoms. The maximum atomic E-state index is 12.6. The number of amides is 2. The highest BCUT2D eigenvalue weighted by molar-refractivity contribution is 6.00. The smallest absolute Gasteiger partial charge is 0.227 e. The molecule has 5 nitrogen and oxygen atoms in total. The third kappa shape index (κ3) is 4.64.